The van der Waals surface area contributed by atoms with Crippen molar-refractivity contribution in [2.45, 2.75) is 39.9 Å². The molecule has 0 heterocycles. The van der Waals surface area contributed by atoms with Crippen LogP contribution in [0.15, 0.2) is 48.5 Å². The van der Waals surface area contributed by atoms with E-state index in [2.05, 4.69) is 43.0 Å². The van der Waals surface area contributed by atoms with Gasteiger partial charge in [-0.05, 0) is 22.6 Å². The van der Waals surface area contributed by atoms with Crippen LogP contribution in [0.5, 0.6) is 0 Å². The van der Waals surface area contributed by atoms with Gasteiger partial charge in [-0.3, -0.25) is 15.0 Å². The number of nitro benzene ring substituents is 1. The minimum Gasteiger partial charge on any atom is -0.326 e. The summed E-state index contributed by atoms with van der Waals surface area (Å²) in [6.45, 7) is 7.63. The maximum absolute atomic E-state index is 10.8. The molecule has 0 aliphatic heterocycles. The van der Waals surface area contributed by atoms with Gasteiger partial charge in [0, 0.05) is 38.3 Å². The second kappa shape index (κ2) is 9.30. The summed E-state index contributed by atoms with van der Waals surface area (Å²) in [7, 11) is 0. The lowest BCUT2D eigenvalue weighted by molar-refractivity contribution is -0.384. The van der Waals surface area contributed by atoms with Crippen molar-refractivity contribution in [3.8, 4) is 0 Å². The first-order chi connectivity index (χ1) is 12.0. The number of hydrogen-bond acceptors (Lipinski definition) is 4. The normalized spacial score (nSPS) is 12.3. The van der Waals surface area contributed by atoms with Gasteiger partial charge in [0.2, 0.25) is 0 Å². The van der Waals surface area contributed by atoms with Crippen LogP contribution in [-0.4, -0.2) is 16.4 Å². The molecule has 0 saturated heterocycles. The van der Waals surface area contributed by atoms with Crippen LogP contribution in [0.1, 0.15) is 37.0 Å². The third-order valence-electron chi connectivity index (χ3n) is 4.48. The van der Waals surface area contributed by atoms with Gasteiger partial charge in [0.25, 0.3) is 5.69 Å². The fourth-order valence-electron chi connectivity index (χ4n) is 2.78. The van der Waals surface area contributed by atoms with Gasteiger partial charge in [-0.15, -0.1) is 0 Å². The minimum atomic E-state index is -0.361. The Bertz CT molecular complexity index is 668. The van der Waals surface area contributed by atoms with Crippen LogP contribution >= 0.6 is 0 Å². The molecule has 1 unspecified atom stereocenters. The van der Waals surface area contributed by atoms with Gasteiger partial charge in [-0.25, -0.2) is 0 Å². The van der Waals surface area contributed by atoms with Crippen molar-refractivity contribution in [2.24, 2.45) is 11.7 Å². The number of nitrogens with zero attached hydrogens (tertiary/aromatic N) is 2. The zero-order valence-electron chi connectivity index (χ0n) is 15.0. The highest BCUT2D eigenvalue weighted by Crippen LogP contribution is 2.17. The second-order valence-corrected chi connectivity index (χ2v) is 6.63. The van der Waals surface area contributed by atoms with E-state index in [0.29, 0.717) is 12.5 Å². The highest BCUT2D eigenvalue weighted by Gasteiger charge is 2.12. The molecular formula is C20H27N3O2. The zero-order chi connectivity index (χ0) is 18.2. The first kappa shape index (κ1) is 19.1. The fraction of sp³-hybridized carbons (Fsp3) is 0.400. The van der Waals surface area contributed by atoms with Gasteiger partial charge in [0.15, 0.2) is 0 Å². The topological polar surface area (TPSA) is 72.4 Å². The molecular weight excluding hydrogens is 314 g/mol. The average Bonchev–Trinajstić information content (AvgIpc) is 2.62. The number of nitrogens with two attached hydrogens (primary N) is 1. The largest absolute Gasteiger partial charge is 0.326 e. The fourth-order valence-corrected chi connectivity index (χ4v) is 2.78. The molecule has 0 spiro atoms. The molecule has 0 aliphatic rings. The van der Waals surface area contributed by atoms with Crippen molar-refractivity contribution in [1.29, 1.82) is 0 Å². The van der Waals surface area contributed by atoms with Gasteiger partial charge >= 0.3 is 0 Å². The van der Waals surface area contributed by atoms with Crippen molar-refractivity contribution < 1.29 is 4.92 Å². The Kier molecular flexibility index (Phi) is 7.10. The molecule has 0 aliphatic carbocycles. The Morgan fingerprint density at radius 2 is 1.48 bits per heavy atom. The molecule has 25 heavy (non-hydrogen) atoms. The smallest absolute Gasteiger partial charge is 0.269 e. The molecule has 1 atom stereocenters. The van der Waals surface area contributed by atoms with E-state index in [1.54, 1.807) is 12.1 Å². The first-order valence-electron chi connectivity index (χ1n) is 8.75. The van der Waals surface area contributed by atoms with E-state index in [-0.39, 0.29) is 10.6 Å². The van der Waals surface area contributed by atoms with Crippen LogP contribution in [0.4, 0.5) is 5.69 Å². The molecule has 0 amide bonds. The molecule has 0 bridgehead atoms. The summed E-state index contributed by atoms with van der Waals surface area (Å²) in [5.74, 6) is 0.598. The van der Waals surface area contributed by atoms with Crippen LogP contribution in [0.25, 0.3) is 0 Å². The molecule has 134 valence electrons. The summed E-state index contributed by atoms with van der Waals surface area (Å²) < 4.78 is 0. The van der Waals surface area contributed by atoms with E-state index in [1.807, 2.05) is 12.1 Å². The molecule has 2 rings (SSSR count). The van der Waals surface area contributed by atoms with Gasteiger partial charge in [0.05, 0.1) is 4.92 Å². The van der Waals surface area contributed by atoms with Crippen LogP contribution in [0.2, 0.25) is 0 Å². The van der Waals surface area contributed by atoms with Gasteiger partial charge in [0.1, 0.15) is 0 Å². The maximum Gasteiger partial charge on any atom is 0.269 e. The summed E-state index contributed by atoms with van der Waals surface area (Å²) in [5.41, 5.74) is 9.27. The van der Waals surface area contributed by atoms with Gasteiger partial charge in [-0.1, -0.05) is 56.7 Å². The molecule has 0 saturated carbocycles. The zero-order valence-corrected chi connectivity index (χ0v) is 15.0. The molecule has 5 heteroatoms. The van der Waals surface area contributed by atoms with E-state index in [9.17, 15) is 10.1 Å². The summed E-state index contributed by atoms with van der Waals surface area (Å²) in [6.07, 6.45) is 1.13. The third-order valence-corrected chi connectivity index (χ3v) is 4.48. The number of hydrogen-bond donors (Lipinski definition) is 1. The van der Waals surface area contributed by atoms with E-state index < -0.39 is 0 Å². The van der Waals surface area contributed by atoms with Crippen LogP contribution in [-0.2, 0) is 19.6 Å². The molecule has 2 aromatic rings. The average molecular weight is 341 g/mol. The summed E-state index contributed by atoms with van der Waals surface area (Å²) in [4.78, 5) is 12.8. The molecule has 2 N–H and O–H groups in total. The van der Waals surface area contributed by atoms with E-state index in [0.717, 1.165) is 37.2 Å². The Labute approximate surface area is 149 Å². The van der Waals surface area contributed by atoms with Gasteiger partial charge < -0.3 is 5.73 Å². The lowest BCUT2D eigenvalue weighted by atomic mass is 10.1. The second-order valence-electron chi connectivity index (χ2n) is 6.63. The summed E-state index contributed by atoms with van der Waals surface area (Å²) >= 11 is 0. The Balaban J connectivity index is 2.09. The van der Waals surface area contributed by atoms with E-state index >= 15 is 0 Å². The van der Waals surface area contributed by atoms with Crippen molar-refractivity contribution in [2.75, 3.05) is 6.54 Å². The van der Waals surface area contributed by atoms with Crippen molar-refractivity contribution in [1.82, 2.24) is 4.90 Å². The SMILES string of the molecule is CCC(C)CN(Cc1ccc(CN)cc1)Cc1ccc([N+](=O)[O-])cc1. The summed E-state index contributed by atoms with van der Waals surface area (Å²) in [5, 5.41) is 10.8. The van der Waals surface area contributed by atoms with Gasteiger partial charge in [-0.2, -0.15) is 0 Å². The monoisotopic (exact) mass is 341 g/mol. The highest BCUT2D eigenvalue weighted by atomic mass is 16.6. The standard InChI is InChI=1S/C20H27N3O2/c1-3-16(2)13-22(14-18-6-4-17(12-21)5-7-18)15-19-8-10-20(11-9-19)23(24)25/h4-11,16H,3,12-15,21H2,1-2H3. The maximum atomic E-state index is 10.8. The number of nitro groups is 1. The molecule has 0 aromatic heterocycles. The summed E-state index contributed by atoms with van der Waals surface area (Å²) in [6, 6.07) is 15.2. The minimum absolute atomic E-state index is 0.134. The number of benzene rings is 2. The van der Waals surface area contributed by atoms with Crippen molar-refractivity contribution in [3.63, 3.8) is 0 Å². The first-order valence-corrected chi connectivity index (χ1v) is 8.75. The quantitative estimate of drug-likeness (QED) is 0.550. The van der Waals surface area contributed by atoms with E-state index in [1.165, 1.54) is 5.56 Å². The van der Waals surface area contributed by atoms with Crippen LogP contribution in [0.3, 0.4) is 0 Å². The predicted molar refractivity (Wildman–Crippen MR) is 101 cm³/mol. The molecule has 2 aromatic carbocycles. The predicted octanol–water partition coefficient (Wildman–Crippen LogP) is 4.10. The number of non-ortho nitro benzene ring substituents is 1. The Morgan fingerprint density at radius 3 is 1.92 bits per heavy atom. The highest BCUT2D eigenvalue weighted by molar-refractivity contribution is 5.33. The van der Waals surface area contributed by atoms with Crippen LogP contribution in [0, 0.1) is 16.0 Å². The third kappa shape index (κ3) is 5.96. The Hall–Kier alpha value is -2.24. The number of rotatable bonds is 9. The van der Waals surface area contributed by atoms with Crippen LogP contribution < -0.4 is 5.73 Å². The molecule has 5 nitrogen and oxygen atoms in total. The Morgan fingerprint density at radius 1 is 1.00 bits per heavy atom. The van der Waals surface area contributed by atoms with Crippen molar-refractivity contribution in [3.05, 3.63) is 75.3 Å². The lowest BCUT2D eigenvalue weighted by Crippen LogP contribution is -2.27. The molecule has 0 radical (unpaired) electrons. The molecule has 0 fully saturated rings. The lowest BCUT2D eigenvalue weighted by Gasteiger charge is -2.25. The van der Waals surface area contributed by atoms with Crippen molar-refractivity contribution >= 4 is 5.69 Å². The van der Waals surface area contributed by atoms with E-state index in [4.69, 9.17) is 5.73 Å².